The van der Waals surface area contributed by atoms with Crippen molar-refractivity contribution < 1.29 is 14.6 Å². The third kappa shape index (κ3) is 4.42. The van der Waals surface area contributed by atoms with E-state index < -0.39 is 12.0 Å². The quantitative estimate of drug-likeness (QED) is 0.694. The summed E-state index contributed by atoms with van der Waals surface area (Å²) in [6.45, 7) is 7.24. The minimum absolute atomic E-state index is 0.168. The summed E-state index contributed by atoms with van der Waals surface area (Å²) < 4.78 is 7.58. The van der Waals surface area contributed by atoms with Gasteiger partial charge in [-0.3, -0.25) is 9.36 Å². The number of carboxylic acids is 1. The van der Waals surface area contributed by atoms with Gasteiger partial charge in [0.25, 0.3) is 5.56 Å². The molecule has 3 heterocycles. The molecule has 2 aromatic rings. The van der Waals surface area contributed by atoms with Crippen LogP contribution in [-0.2, 0) is 9.53 Å². The Kier molecular flexibility index (Phi) is 6.91. The van der Waals surface area contributed by atoms with Crippen molar-refractivity contribution in [3.05, 3.63) is 60.8 Å². The summed E-state index contributed by atoms with van der Waals surface area (Å²) in [5.74, 6) is -0.983. The van der Waals surface area contributed by atoms with Crippen molar-refractivity contribution in [2.75, 3.05) is 31.2 Å². The molecule has 1 aromatic carbocycles. The summed E-state index contributed by atoms with van der Waals surface area (Å²) in [7, 11) is 0. The average molecular weight is 456 g/mol. The van der Waals surface area contributed by atoms with E-state index in [-0.39, 0.29) is 11.1 Å². The number of aromatic nitrogens is 1. The molecular weight excluding hydrogens is 426 g/mol. The topological polar surface area (TPSA) is 84.1 Å². The predicted molar refractivity (Wildman–Crippen MR) is 126 cm³/mol. The number of rotatable bonds is 7. The minimum atomic E-state index is -0.983. The number of carbonyl (C=O) groups is 1. The summed E-state index contributed by atoms with van der Waals surface area (Å²) in [5.41, 5.74) is 2.78. The van der Waals surface area contributed by atoms with Gasteiger partial charge in [-0.1, -0.05) is 50.2 Å². The van der Waals surface area contributed by atoms with Crippen LogP contribution < -0.4 is 19.8 Å². The monoisotopic (exact) mass is 455 g/mol. The summed E-state index contributed by atoms with van der Waals surface area (Å²) >= 11 is 1.34. The molecule has 1 aromatic heterocycles. The molecule has 0 spiro atoms. The standard InChI is InChI=1S/C24H29N3O4S/c1-3-5-18-21(23(29)30)19(6-4-2)27-22(28)20(32-24(27)25-18)15-16-7-9-17(10-8-16)26-11-13-31-14-12-26/h7-10,15,19H,3-6,11-14H2,1-2H3,(H,29,30)/b20-15-. The van der Waals surface area contributed by atoms with E-state index in [1.807, 2.05) is 32.1 Å². The molecule has 0 bridgehead atoms. The van der Waals surface area contributed by atoms with E-state index in [0.717, 1.165) is 50.4 Å². The molecule has 1 saturated heterocycles. The Morgan fingerprint density at radius 2 is 1.94 bits per heavy atom. The van der Waals surface area contributed by atoms with Crippen LogP contribution in [0.25, 0.3) is 6.08 Å². The molecule has 7 nitrogen and oxygen atoms in total. The lowest BCUT2D eigenvalue weighted by Gasteiger charge is -2.28. The molecule has 1 unspecified atom stereocenters. The second-order valence-corrected chi connectivity index (χ2v) is 9.10. The molecule has 0 radical (unpaired) electrons. The maximum atomic E-state index is 13.3. The summed E-state index contributed by atoms with van der Waals surface area (Å²) in [4.78, 5) is 32.8. The van der Waals surface area contributed by atoms with E-state index >= 15 is 0 Å². The van der Waals surface area contributed by atoms with Crippen molar-refractivity contribution in [1.82, 2.24) is 4.57 Å². The first-order valence-corrected chi connectivity index (χ1v) is 12.1. The number of anilines is 1. The Morgan fingerprint density at radius 3 is 2.56 bits per heavy atom. The van der Waals surface area contributed by atoms with Crippen LogP contribution in [0.4, 0.5) is 5.69 Å². The number of nitrogens with zero attached hydrogens (tertiary/aromatic N) is 3. The van der Waals surface area contributed by atoms with Crippen LogP contribution in [0.1, 0.15) is 51.1 Å². The third-order valence-corrected chi connectivity index (χ3v) is 6.85. The van der Waals surface area contributed by atoms with E-state index in [2.05, 4.69) is 22.0 Å². The molecule has 1 N–H and O–H groups in total. The van der Waals surface area contributed by atoms with Crippen LogP contribution in [0.3, 0.4) is 0 Å². The Hall–Kier alpha value is -2.71. The third-order valence-electron chi connectivity index (χ3n) is 5.87. The number of aliphatic carboxylic acids is 1. The van der Waals surface area contributed by atoms with Gasteiger partial charge in [-0.05, 0) is 36.6 Å². The van der Waals surface area contributed by atoms with Gasteiger partial charge in [0, 0.05) is 18.8 Å². The van der Waals surface area contributed by atoms with Crippen molar-refractivity contribution in [2.45, 2.75) is 45.6 Å². The fourth-order valence-corrected chi connectivity index (χ4v) is 5.37. The van der Waals surface area contributed by atoms with Crippen LogP contribution >= 0.6 is 11.3 Å². The second kappa shape index (κ2) is 9.83. The van der Waals surface area contributed by atoms with E-state index in [9.17, 15) is 14.7 Å². The average Bonchev–Trinajstić information content (AvgIpc) is 3.10. The van der Waals surface area contributed by atoms with Crippen molar-refractivity contribution in [3.8, 4) is 0 Å². The Labute approximate surface area is 191 Å². The number of hydrogen-bond donors (Lipinski definition) is 1. The Balaban J connectivity index is 1.73. The van der Waals surface area contributed by atoms with Gasteiger partial charge >= 0.3 is 5.97 Å². The Morgan fingerprint density at radius 1 is 1.22 bits per heavy atom. The zero-order valence-corrected chi connectivity index (χ0v) is 19.4. The number of benzene rings is 1. The van der Waals surface area contributed by atoms with Crippen LogP contribution in [-0.4, -0.2) is 41.9 Å². The number of thiazole rings is 1. The minimum Gasteiger partial charge on any atom is -0.478 e. The fraction of sp³-hybridized carbons (Fsp3) is 0.458. The summed E-state index contributed by atoms with van der Waals surface area (Å²) in [5, 5.41) is 9.87. The lowest BCUT2D eigenvalue weighted by molar-refractivity contribution is -0.133. The first kappa shape index (κ1) is 22.5. The molecule has 0 aliphatic carbocycles. The lowest BCUT2D eigenvalue weighted by Crippen LogP contribution is -2.39. The smallest absolute Gasteiger partial charge is 0.335 e. The first-order valence-electron chi connectivity index (χ1n) is 11.2. The number of morpholine rings is 1. The normalized spacial score (nSPS) is 19.1. The highest BCUT2D eigenvalue weighted by molar-refractivity contribution is 7.07. The maximum absolute atomic E-state index is 13.3. The second-order valence-electron chi connectivity index (χ2n) is 8.09. The molecule has 1 fully saturated rings. The van der Waals surface area contributed by atoms with Gasteiger partial charge in [0.15, 0.2) is 4.80 Å². The van der Waals surface area contributed by atoms with Crippen LogP contribution in [0, 0.1) is 0 Å². The van der Waals surface area contributed by atoms with Crippen molar-refractivity contribution in [1.29, 1.82) is 0 Å². The Bertz CT molecular complexity index is 1190. The number of fused-ring (bicyclic) bond motifs is 1. The van der Waals surface area contributed by atoms with E-state index in [1.165, 1.54) is 11.3 Å². The van der Waals surface area contributed by atoms with E-state index in [4.69, 9.17) is 4.74 Å². The number of hydrogen-bond acceptors (Lipinski definition) is 6. The van der Waals surface area contributed by atoms with E-state index in [0.29, 0.717) is 27.9 Å². The number of ether oxygens (including phenoxy) is 1. The molecule has 0 saturated carbocycles. The van der Waals surface area contributed by atoms with Crippen LogP contribution in [0.2, 0.25) is 0 Å². The molecule has 32 heavy (non-hydrogen) atoms. The highest BCUT2D eigenvalue weighted by atomic mass is 32.1. The van der Waals surface area contributed by atoms with Gasteiger partial charge in [-0.25, -0.2) is 9.79 Å². The largest absolute Gasteiger partial charge is 0.478 e. The van der Waals surface area contributed by atoms with Gasteiger partial charge < -0.3 is 14.7 Å². The predicted octanol–water partition coefficient (Wildman–Crippen LogP) is 2.69. The van der Waals surface area contributed by atoms with Crippen LogP contribution in [0.15, 0.2) is 45.3 Å². The highest BCUT2D eigenvalue weighted by Crippen LogP contribution is 2.29. The van der Waals surface area contributed by atoms with Gasteiger partial charge in [-0.15, -0.1) is 0 Å². The SMILES string of the molecule is CCCC1=C(C(=O)O)C(CCC)n2c(s/c(=C\c3ccc(N4CCOCC4)cc3)c2=O)=N1. The van der Waals surface area contributed by atoms with Crippen LogP contribution in [0.5, 0.6) is 0 Å². The highest BCUT2D eigenvalue weighted by Gasteiger charge is 2.31. The van der Waals surface area contributed by atoms with Gasteiger partial charge in [0.1, 0.15) is 0 Å². The molecule has 4 rings (SSSR count). The van der Waals surface area contributed by atoms with Gasteiger partial charge in [0.2, 0.25) is 0 Å². The summed E-state index contributed by atoms with van der Waals surface area (Å²) in [6, 6.07) is 7.68. The first-order chi connectivity index (χ1) is 15.5. The van der Waals surface area contributed by atoms with Crippen molar-refractivity contribution in [2.24, 2.45) is 4.99 Å². The van der Waals surface area contributed by atoms with Crippen molar-refractivity contribution >= 4 is 29.1 Å². The molecule has 2 aliphatic heterocycles. The van der Waals surface area contributed by atoms with Gasteiger partial charge in [0.05, 0.1) is 35.1 Å². The number of carboxylic acid groups (broad SMARTS) is 1. The summed E-state index contributed by atoms with van der Waals surface area (Å²) in [6.07, 6.45) is 4.65. The molecule has 8 heteroatoms. The fourth-order valence-electron chi connectivity index (χ4n) is 4.33. The molecular formula is C24H29N3O4S. The van der Waals surface area contributed by atoms with Crippen molar-refractivity contribution in [3.63, 3.8) is 0 Å². The van der Waals surface area contributed by atoms with E-state index in [1.54, 1.807) is 4.57 Å². The molecule has 1 atom stereocenters. The zero-order valence-electron chi connectivity index (χ0n) is 18.5. The van der Waals surface area contributed by atoms with Gasteiger partial charge in [-0.2, -0.15) is 0 Å². The molecule has 0 amide bonds. The lowest BCUT2D eigenvalue weighted by atomic mass is 9.97. The molecule has 2 aliphatic rings. The molecule has 170 valence electrons. The number of allylic oxidation sites excluding steroid dienone is 1. The zero-order chi connectivity index (χ0) is 22.7. The maximum Gasteiger partial charge on any atom is 0.335 e.